The summed E-state index contributed by atoms with van der Waals surface area (Å²) in [4.78, 5) is 13.8. The number of carbonyl (C=O) groups excluding carboxylic acids is 1. The molecule has 1 fully saturated rings. The number of morpholine rings is 1. The lowest BCUT2D eigenvalue weighted by molar-refractivity contribution is -0.153. The van der Waals surface area contributed by atoms with Crippen LogP contribution in [0.15, 0.2) is 18.2 Å². The van der Waals surface area contributed by atoms with E-state index in [1.807, 2.05) is 18.2 Å². The maximum atomic E-state index is 11.8. The summed E-state index contributed by atoms with van der Waals surface area (Å²) < 4.78 is 20.8. The van der Waals surface area contributed by atoms with Crippen LogP contribution in [0, 0.1) is 0 Å². The Morgan fingerprint density at radius 2 is 2.25 bits per heavy atom. The molecule has 6 nitrogen and oxygen atoms in total. The minimum absolute atomic E-state index is 0.259. The third-order valence-electron chi connectivity index (χ3n) is 3.54. The second kappa shape index (κ2) is 5.68. The highest BCUT2D eigenvalue weighted by molar-refractivity contribution is 5.75. The number of fused-ring (bicyclic) bond motifs is 1. The first-order chi connectivity index (χ1) is 9.78. The Hall–Kier alpha value is -1.79. The molecule has 108 valence electrons. The van der Waals surface area contributed by atoms with Crippen LogP contribution >= 0.6 is 0 Å². The van der Waals surface area contributed by atoms with E-state index >= 15 is 0 Å². The summed E-state index contributed by atoms with van der Waals surface area (Å²) >= 11 is 0. The Balaban J connectivity index is 1.73. The van der Waals surface area contributed by atoms with Crippen molar-refractivity contribution in [2.45, 2.75) is 12.6 Å². The normalized spacial score (nSPS) is 21.8. The molecule has 1 unspecified atom stereocenters. The molecule has 1 atom stereocenters. The summed E-state index contributed by atoms with van der Waals surface area (Å²) in [6.07, 6.45) is 0. The zero-order chi connectivity index (χ0) is 13.9. The molecule has 0 aliphatic carbocycles. The van der Waals surface area contributed by atoms with Crippen LogP contribution in [0.3, 0.4) is 0 Å². The van der Waals surface area contributed by atoms with Gasteiger partial charge in [0.05, 0.1) is 20.3 Å². The number of nitrogens with zero attached hydrogens (tertiary/aromatic N) is 1. The van der Waals surface area contributed by atoms with Crippen LogP contribution in [0.4, 0.5) is 0 Å². The third kappa shape index (κ3) is 2.57. The fraction of sp³-hybridized carbons (Fsp3) is 0.500. The van der Waals surface area contributed by atoms with Gasteiger partial charge in [-0.25, -0.2) is 0 Å². The summed E-state index contributed by atoms with van der Waals surface area (Å²) in [6.45, 7) is 2.62. The van der Waals surface area contributed by atoms with Crippen LogP contribution in [-0.4, -0.2) is 50.6 Å². The zero-order valence-electron chi connectivity index (χ0n) is 11.3. The van der Waals surface area contributed by atoms with Gasteiger partial charge in [-0.05, 0) is 17.7 Å². The maximum Gasteiger partial charge on any atom is 0.325 e. The fourth-order valence-electron chi connectivity index (χ4n) is 2.45. The predicted molar refractivity (Wildman–Crippen MR) is 69.6 cm³/mol. The van der Waals surface area contributed by atoms with Crippen LogP contribution < -0.4 is 9.47 Å². The Morgan fingerprint density at radius 1 is 1.40 bits per heavy atom. The van der Waals surface area contributed by atoms with Crippen molar-refractivity contribution in [1.29, 1.82) is 0 Å². The summed E-state index contributed by atoms with van der Waals surface area (Å²) in [6, 6.07) is 5.48. The van der Waals surface area contributed by atoms with Crippen molar-refractivity contribution in [3.63, 3.8) is 0 Å². The number of methoxy groups -OCH3 is 1. The molecule has 2 aliphatic heterocycles. The van der Waals surface area contributed by atoms with Crippen molar-refractivity contribution in [3.05, 3.63) is 23.8 Å². The maximum absolute atomic E-state index is 11.8. The van der Waals surface area contributed by atoms with Crippen molar-refractivity contribution in [2.75, 3.05) is 33.7 Å². The fourth-order valence-corrected chi connectivity index (χ4v) is 2.45. The van der Waals surface area contributed by atoms with Crippen molar-refractivity contribution in [2.24, 2.45) is 0 Å². The van der Waals surface area contributed by atoms with E-state index in [0.29, 0.717) is 26.3 Å². The molecule has 6 heteroatoms. The van der Waals surface area contributed by atoms with Gasteiger partial charge in [0.15, 0.2) is 11.5 Å². The Morgan fingerprint density at radius 3 is 3.10 bits per heavy atom. The molecule has 0 radical (unpaired) electrons. The van der Waals surface area contributed by atoms with E-state index in [1.54, 1.807) is 0 Å². The van der Waals surface area contributed by atoms with Gasteiger partial charge in [0, 0.05) is 13.1 Å². The lowest BCUT2D eigenvalue weighted by Gasteiger charge is -2.33. The monoisotopic (exact) mass is 279 g/mol. The van der Waals surface area contributed by atoms with Gasteiger partial charge in [0.1, 0.15) is 6.04 Å². The number of esters is 1. The second-order valence-electron chi connectivity index (χ2n) is 4.77. The van der Waals surface area contributed by atoms with Crippen LogP contribution in [0.25, 0.3) is 0 Å². The molecular formula is C14H17NO5. The summed E-state index contributed by atoms with van der Waals surface area (Å²) in [7, 11) is 1.40. The lowest BCUT2D eigenvalue weighted by Crippen LogP contribution is -2.49. The number of carbonyl (C=O) groups is 1. The van der Waals surface area contributed by atoms with Crippen LogP contribution in [-0.2, 0) is 20.8 Å². The SMILES string of the molecule is COC(=O)C1COCCN1Cc1ccc2c(c1)OCO2. The van der Waals surface area contributed by atoms with Crippen molar-refractivity contribution in [1.82, 2.24) is 4.90 Å². The lowest BCUT2D eigenvalue weighted by atomic mass is 10.1. The van der Waals surface area contributed by atoms with E-state index in [-0.39, 0.29) is 18.8 Å². The van der Waals surface area contributed by atoms with Gasteiger partial charge in [-0.1, -0.05) is 6.07 Å². The van der Waals surface area contributed by atoms with Gasteiger partial charge in [-0.15, -0.1) is 0 Å². The molecular weight excluding hydrogens is 262 g/mol. The first-order valence-corrected chi connectivity index (χ1v) is 6.56. The molecule has 0 amide bonds. The smallest absolute Gasteiger partial charge is 0.325 e. The van der Waals surface area contributed by atoms with E-state index < -0.39 is 0 Å². The Labute approximate surface area is 117 Å². The highest BCUT2D eigenvalue weighted by atomic mass is 16.7. The van der Waals surface area contributed by atoms with E-state index in [1.165, 1.54) is 7.11 Å². The number of hydrogen-bond donors (Lipinski definition) is 0. The molecule has 2 heterocycles. The van der Waals surface area contributed by atoms with Crippen LogP contribution in [0.2, 0.25) is 0 Å². The molecule has 20 heavy (non-hydrogen) atoms. The minimum Gasteiger partial charge on any atom is -0.468 e. The van der Waals surface area contributed by atoms with Gasteiger partial charge in [-0.3, -0.25) is 9.69 Å². The van der Waals surface area contributed by atoms with Crippen molar-refractivity contribution in [3.8, 4) is 11.5 Å². The standard InChI is InChI=1S/C14H17NO5/c1-17-14(16)11-8-18-5-4-15(11)7-10-2-3-12-13(6-10)20-9-19-12/h2-3,6,11H,4-5,7-9H2,1H3. The highest BCUT2D eigenvalue weighted by Gasteiger charge is 2.30. The van der Waals surface area contributed by atoms with Crippen LogP contribution in [0.5, 0.6) is 11.5 Å². The van der Waals surface area contributed by atoms with E-state index in [0.717, 1.165) is 17.1 Å². The van der Waals surface area contributed by atoms with Gasteiger partial charge >= 0.3 is 5.97 Å². The number of hydrogen-bond acceptors (Lipinski definition) is 6. The van der Waals surface area contributed by atoms with Gasteiger partial charge in [0.2, 0.25) is 6.79 Å². The molecule has 0 saturated carbocycles. The largest absolute Gasteiger partial charge is 0.468 e. The molecule has 1 aromatic rings. The molecule has 2 aliphatic rings. The summed E-state index contributed by atoms with van der Waals surface area (Å²) in [5.74, 6) is 1.26. The van der Waals surface area contributed by atoms with Crippen molar-refractivity contribution < 1.29 is 23.7 Å². The van der Waals surface area contributed by atoms with Gasteiger partial charge in [0.25, 0.3) is 0 Å². The Bertz CT molecular complexity index is 504. The highest BCUT2D eigenvalue weighted by Crippen LogP contribution is 2.33. The van der Waals surface area contributed by atoms with E-state index in [9.17, 15) is 4.79 Å². The molecule has 0 N–H and O–H groups in total. The second-order valence-corrected chi connectivity index (χ2v) is 4.77. The quantitative estimate of drug-likeness (QED) is 0.762. The predicted octanol–water partition coefficient (Wildman–Crippen LogP) is 0.789. The molecule has 0 aromatic heterocycles. The van der Waals surface area contributed by atoms with E-state index in [2.05, 4.69) is 4.90 Å². The van der Waals surface area contributed by atoms with Crippen molar-refractivity contribution >= 4 is 5.97 Å². The number of benzene rings is 1. The number of ether oxygens (including phenoxy) is 4. The third-order valence-corrected chi connectivity index (χ3v) is 3.54. The summed E-state index contributed by atoms with van der Waals surface area (Å²) in [5, 5.41) is 0. The van der Waals surface area contributed by atoms with Crippen LogP contribution in [0.1, 0.15) is 5.56 Å². The average Bonchev–Trinajstić information content (AvgIpc) is 2.94. The molecule has 0 spiro atoms. The van der Waals surface area contributed by atoms with Gasteiger partial charge in [-0.2, -0.15) is 0 Å². The first-order valence-electron chi connectivity index (χ1n) is 6.56. The van der Waals surface area contributed by atoms with E-state index in [4.69, 9.17) is 18.9 Å². The Kier molecular flexibility index (Phi) is 3.75. The van der Waals surface area contributed by atoms with Gasteiger partial charge < -0.3 is 18.9 Å². The molecule has 1 aromatic carbocycles. The molecule has 0 bridgehead atoms. The zero-order valence-corrected chi connectivity index (χ0v) is 11.3. The molecule has 1 saturated heterocycles. The topological polar surface area (TPSA) is 57.2 Å². The first kappa shape index (κ1) is 13.2. The summed E-state index contributed by atoms with van der Waals surface area (Å²) in [5.41, 5.74) is 1.07. The number of rotatable bonds is 3. The minimum atomic E-state index is -0.348. The average molecular weight is 279 g/mol. The molecule has 3 rings (SSSR count).